The summed E-state index contributed by atoms with van der Waals surface area (Å²) in [5.41, 5.74) is 1.41. The first-order valence-corrected chi connectivity index (χ1v) is 10.3. The van der Waals surface area contributed by atoms with E-state index in [0.29, 0.717) is 42.0 Å². The van der Waals surface area contributed by atoms with Crippen molar-refractivity contribution in [1.82, 2.24) is 24.2 Å². The number of aryl methyl sites for hydroxylation is 1. The predicted molar refractivity (Wildman–Crippen MR) is 99.1 cm³/mol. The molecule has 1 aliphatic heterocycles. The summed E-state index contributed by atoms with van der Waals surface area (Å²) in [4.78, 5) is 4.66. The summed E-state index contributed by atoms with van der Waals surface area (Å²) in [7, 11) is -1.67. The second kappa shape index (κ2) is 6.90. The van der Waals surface area contributed by atoms with Crippen LogP contribution in [0.5, 0.6) is 0 Å². The lowest BCUT2D eigenvalue weighted by atomic mass is 10.0. The summed E-state index contributed by atoms with van der Waals surface area (Å²) in [6.45, 7) is 3.30. The number of piperidine rings is 1. The quantitative estimate of drug-likeness (QED) is 0.683. The molecule has 142 valence electrons. The van der Waals surface area contributed by atoms with Crippen molar-refractivity contribution in [2.45, 2.75) is 24.7 Å². The molecule has 2 aromatic heterocycles. The lowest BCUT2D eigenvalue weighted by Gasteiger charge is -2.29. The molecule has 3 heterocycles. The molecule has 0 aliphatic carbocycles. The molecule has 1 fully saturated rings. The molecule has 0 unspecified atom stereocenters. The van der Waals surface area contributed by atoms with Gasteiger partial charge in [-0.1, -0.05) is 12.1 Å². The van der Waals surface area contributed by atoms with E-state index in [-0.39, 0.29) is 4.90 Å². The maximum absolute atomic E-state index is 12.8. The first-order chi connectivity index (χ1) is 12.9. The summed E-state index contributed by atoms with van der Waals surface area (Å²) < 4.78 is 34.1. The molecule has 0 bridgehead atoms. The molecule has 27 heavy (non-hydrogen) atoms. The fourth-order valence-electron chi connectivity index (χ4n) is 3.18. The van der Waals surface area contributed by atoms with Crippen molar-refractivity contribution in [2.75, 3.05) is 13.1 Å². The SMILES string of the molecule is CC1CCN(S(=O)(=O)c2ccc(-c3noc(-c4ccnn4C)n3)cc2)CC1. The zero-order chi connectivity index (χ0) is 19.0. The highest BCUT2D eigenvalue weighted by molar-refractivity contribution is 7.89. The maximum Gasteiger partial charge on any atom is 0.276 e. The Kier molecular flexibility index (Phi) is 4.56. The van der Waals surface area contributed by atoms with E-state index in [1.807, 2.05) is 0 Å². The highest BCUT2D eigenvalue weighted by atomic mass is 32.2. The Balaban J connectivity index is 1.56. The van der Waals surface area contributed by atoms with Crippen LogP contribution in [0.1, 0.15) is 19.8 Å². The Morgan fingerprint density at radius 3 is 2.44 bits per heavy atom. The van der Waals surface area contributed by atoms with E-state index in [1.165, 1.54) is 0 Å². The van der Waals surface area contributed by atoms with Crippen LogP contribution in [0, 0.1) is 5.92 Å². The molecule has 9 heteroatoms. The Morgan fingerprint density at radius 1 is 1.11 bits per heavy atom. The van der Waals surface area contributed by atoms with E-state index in [1.54, 1.807) is 52.6 Å². The molecule has 0 spiro atoms. The molecule has 0 radical (unpaired) electrons. The van der Waals surface area contributed by atoms with Crippen LogP contribution >= 0.6 is 0 Å². The molecule has 3 aromatic rings. The summed E-state index contributed by atoms with van der Waals surface area (Å²) in [5.74, 6) is 1.34. The zero-order valence-electron chi connectivity index (χ0n) is 15.2. The largest absolute Gasteiger partial charge is 0.332 e. The van der Waals surface area contributed by atoms with Crippen LogP contribution in [0.4, 0.5) is 0 Å². The van der Waals surface area contributed by atoms with Crippen molar-refractivity contribution in [1.29, 1.82) is 0 Å². The van der Waals surface area contributed by atoms with E-state index < -0.39 is 10.0 Å². The minimum Gasteiger partial charge on any atom is -0.332 e. The van der Waals surface area contributed by atoms with Gasteiger partial charge < -0.3 is 4.52 Å². The van der Waals surface area contributed by atoms with E-state index in [4.69, 9.17) is 4.52 Å². The summed E-state index contributed by atoms with van der Waals surface area (Å²) >= 11 is 0. The van der Waals surface area contributed by atoms with Gasteiger partial charge >= 0.3 is 0 Å². The van der Waals surface area contributed by atoms with Crippen LogP contribution in [0.3, 0.4) is 0 Å². The van der Waals surface area contributed by atoms with Crippen molar-refractivity contribution in [3.63, 3.8) is 0 Å². The normalized spacial score (nSPS) is 16.7. The highest BCUT2D eigenvalue weighted by Crippen LogP contribution is 2.26. The Morgan fingerprint density at radius 2 is 1.81 bits per heavy atom. The molecular weight excluding hydrogens is 366 g/mol. The molecule has 1 aromatic carbocycles. The van der Waals surface area contributed by atoms with Gasteiger partial charge in [0.05, 0.1) is 4.90 Å². The Hall–Kier alpha value is -2.52. The van der Waals surface area contributed by atoms with Gasteiger partial charge in [-0.2, -0.15) is 14.4 Å². The van der Waals surface area contributed by atoms with Gasteiger partial charge in [0, 0.05) is 31.9 Å². The van der Waals surface area contributed by atoms with E-state index in [2.05, 4.69) is 22.2 Å². The van der Waals surface area contributed by atoms with Gasteiger partial charge in [0.25, 0.3) is 5.89 Å². The standard InChI is InChI=1S/C18H21N5O3S/c1-13-8-11-23(12-9-13)27(24,25)15-5-3-14(4-6-15)17-20-18(26-21-17)16-7-10-19-22(16)2/h3-7,10,13H,8-9,11-12H2,1-2H3. The number of rotatable bonds is 4. The number of aromatic nitrogens is 4. The highest BCUT2D eigenvalue weighted by Gasteiger charge is 2.28. The van der Waals surface area contributed by atoms with Crippen molar-refractivity contribution in [3.8, 4) is 23.0 Å². The minimum atomic E-state index is -3.46. The molecule has 4 rings (SSSR count). The molecule has 1 saturated heterocycles. The van der Waals surface area contributed by atoms with Gasteiger partial charge in [0.15, 0.2) is 0 Å². The zero-order valence-corrected chi connectivity index (χ0v) is 16.1. The summed E-state index contributed by atoms with van der Waals surface area (Å²) in [6, 6.07) is 8.40. The van der Waals surface area contributed by atoms with Gasteiger partial charge in [-0.15, -0.1) is 0 Å². The van der Waals surface area contributed by atoms with Crippen LogP contribution in [-0.2, 0) is 17.1 Å². The van der Waals surface area contributed by atoms with Gasteiger partial charge in [-0.3, -0.25) is 4.68 Å². The van der Waals surface area contributed by atoms with Crippen molar-refractivity contribution in [2.24, 2.45) is 13.0 Å². The molecule has 0 atom stereocenters. The van der Waals surface area contributed by atoms with Crippen molar-refractivity contribution >= 4 is 10.0 Å². The summed E-state index contributed by atoms with van der Waals surface area (Å²) in [5, 5.41) is 8.07. The molecule has 0 amide bonds. The smallest absolute Gasteiger partial charge is 0.276 e. The van der Waals surface area contributed by atoms with Gasteiger partial charge in [0.1, 0.15) is 5.69 Å². The topological polar surface area (TPSA) is 94.1 Å². The van der Waals surface area contributed by atoms with Crippen molar-refractivity contribution in [3.05, 3.63) is 36.5 Å². The molecule has 8 nitrogen and oxygen atoms in total. The van der Waals surface area contributed by atoms with Gasteiger partial charge in [0.2, 0.25) is 15.8 Å². The van der Waals surface area contributed by atoms with Crippen LogP contribution in [0.2, 0.25) is 0 Å². The van der Waals surface area contributed by atoms with Crippen LogP contribution in [0.25, 0.3) is 23.0 Å². The number of nitrogens with zero attached hydrogens (tertiary/aromatic N) is 5. The second-order valence-electron chi connectivity index (χ2n) is 6.87. The fraction of sp³-hybridized carbons (Fsp3) is 0.389. The molecule has 0 N–H and O–H groups in total. The average Bonchev–Trinajstić information content (AvgIpc) is 3.31. The van der Waals surface area contributed by atoms with Crippen LogP contribution in [0.15, 0.2) is 45.9 Å². The number of sulfonamides is 1. The van der Waals surface area contributed by atoms with E-state index >= 15 is 0 Å². The van der Waals surface area contributed by atoms with Gasteiger partial charge in [-0.05, 0) is 49.1 Å². The lowest BCUT2D eigenvalue weighted by Crippen LogP contribution is -2.37. The third-order valence-corrected chi connectivity index (χ3v) is 6.87. The van der Waals surface area contributed by atoms with Crippen LogP contribution in [-0.4, -0.2) is 45.7 Å². The Bertz CT molecular complexity index is 1030. The van der Waals surface area contributed by atoms with E-state index in [0.717, 1.165) is 12.8 Å². The minimum absolute atomic E-state index is 0.288. The second-order valence-corrected chi connectivity index (χ2v) is 8.81. The summed E-state index contributed by atoms with van der Waals surface area (Å²) in [6.07, 6.45) is 3.45. The van der Waals surface area contributed by atoms with Gasteiger partial charge in [-0.25, -0.2) is 8.42 Å². The maximum atomic E-state index is 12.8. The monoisotopic (exact) mass is 387 g/mol. The molecule has 1 aliphatic rings. The van der Waals surface area contributed by atoms with Crippen LogP contribution < -0.4 is 0 Å². The number of hydrogen-bond acceptors (Lipinski definition) is 6. The first-order valence-electron chi connectivity index (χ1n) is 8.88. The third-order valence-electron chi connectivity index (χ3n) is 4.96. The third kappa shape index (κ3) is 3.40. The fourth-order valence-corrected chi connectivity index (χ4v) is 4.65. The van der Waals surface area contributed by atoms with E-state index in [9.17, 15) is 8.42 Å². The number of hydrogen-bond donors (Lipinski definition) is 0. The lowest BCUT2D eigenvalue weighted by molar-refractivity contribution is 0.288. The first kappa shape index (κ1) is 17.9. The molecular formula is C18H21N5O3S. The number of benzene rings is 1. The van der Waals surface area contributed by atoms with Crippen molar-refractivity contribution < 1.29 is 12.9 Å². The predicted octanol–water partition coefficient (Wildman–Crippen LogP) is 2.56. The Labute approximate surface area is 157 Å². The average molecular weight is 387 g/mol. The molecule has 0 saturated carbocycles.